The van der Waals surface area contributed by atoms with E-state index >= 15 is 0 Å². The van der Waals surface area contributed by atoms with Crippen molar-refractivity contribution in [2.24, 2.45) is 5.92 Å². The second-order valence-electron chi connectivity index (χ2n) is 5.46. The summed E-state index contributed by atoms with van der Waals surface area (Å²) in [4.78, 5) is 10.3. The van der Waals surface area contributed by atoms with Crippen LogP contribution in [-0.2, 0) is 13.0 Å². The summed E-state index contributed by atoms with van der Waals surface area (Å²) in [5.41, 5.74) is 3.61. The van der Waals surface area contributed by atoms with Gasteiger partial charge < -0.3 is 5.32 Å². The first-order valence-corrected chi connectivity index (χ1v) is 8.03. The minimum absolute atomic E-state index is 0.676. The Balaban J connectivity index is 2.20. The van der Waals surface area contributed by atoms with Crippen molar-refractivity contribution >= 4 is 11.3 Å². The normalized spacial score (nSPS) is 11.2. The molecule has 0 saturated heterocycles. The van der Waals surface area contributed by atoms with Gasteiger partial charge in [0.1, 0.15) is 5.01 Å². The smallest absolute Gasteiger partial charge is 0.124 e. The lowest BCUT2D eigenvalue weighted by atomic mass is 10.2. The third-order valence-corrected chi connectivity index (χ3v) is 4.33. The van der Waals surface area contributed by atoms with Gasteiger partial charge in [-0.15, -0.1) is 11.3 Å². The van der Waals surface area contributed by atoms with Crippen LogP contribution in [0, 0.1) is 12.8 Å². The quantitative estimate of drug-likeness (QED) is 0.878. The summed E-state index contributed by atoms with van der Waals surface area (Å²) >= 11 is 1.80. The van der Waals surface area contributed by atoms with Crippen molar-refractivity contribution in [2.45, 2.75) is 40.7 Å². The van der Waals surface area contributed by atoms with E-state index in [9.17, 15) is 0 Å². The van der Waals surface area contributed by atoms with Crippen molar-refractivity contribution in [3.8, 4) is 10.6 Å². The summed E-state index contributed by atoms with van der Waals surface area (Å²) in [6, 6.07) is 2.05. The fraction of sp³-hybridized carbons (Fsp3) is 0.500. The van der Waals surface area contributed by atoms with Gasteiger partial charge in [-0.25, -0.2) is 4.98 Å². The fourth-order valence-corrected chi connectivity index (χ4v) is 3.31. The molecule has 4 heteroatoms. The van der Waals surface area contributed by atoms with Crippen LogP contribution in [-0.4, -0.2) is 16.5 Å². The number of hydrogen-bond donors (Lipinski definition) is 1. The molecule has 0 amide bonds. The van der Waals surface area contributed by atoms with E-state index in [0.717, 1.165) is 24.5 Å². The molecule has 0 radical (unpaired) electrons. The number of nitrogens with zero attached hydrogens (tertiary/aromatic N) is 2. The maximum absolute atomic E-state index is 4.81. The standard InChI is InChI=1S/C16H23N3S/c1-5-14-15(10-18-8-11(2)3)20-16(19-14)13-6-7-17-9-12(13)4/h6-7,9,11,18H,5,8,10H2,1-4H3. The third-order valence-electron chi connectivity index (χ3n) is 3.20. The Morgan fingerprint density at radius 1 is 1.35 bits per heavy atom. The van der Waals surface area contributed by atoms with Crippen LogP contribution in [0.5, 0.6) is 0 Å². The minimum Gasteiger partial charge on any atom is -0.312 e. The molecule has 3 nitrogen and oxygen atoms in total. The zero-order chi connectivity index (χ0) is 14.5. The highest BCUT2D eigenvalue weighted by atomic mass is 32.1. The van der Waals surface area contributed by atoms with Crippen LogP contribution >= 0.6 is 11.3 Å². The van der Waals surface area contributed by atoms with Crippen molar-refractivity contribution in [1.82, 2.24) is 15.3 Å². The van der Waals surface area contributed by atoms with Crippen LogP contribution in [0.2, 0.25) is 0 Å². The van der Waals surface area contributed by atoms with E-state index in [1.165, 1.54) is 21.7 Å². The molecule has 0 unspecified atom stereocenters. The summed E-state index contributed by atoms with van der Waals surface area (Å²) in [6.07, 6.45) is 4.73. The Morgan fingerprint density at radius 2 is 2.15 bits per heavy atom. The summed E-state index contributed by atoms with van der Waals surface area (Å²) < 4.78 is 0. The number of aromatic nitrogens is 2. The number of rotatable bonds is 6. The molecule has 0 aliphatic rings. The van der Waals surface area contributed by atoms with E-state index in [1.807, 2.05) is 12.4 Å². The molecule has 0 bridgehead atoms. The largest absolute Gasteiger partial charge is 0.312 e. The van der Waals surface area contributed by atoms with Crippen LogP contribution in [0.3, 0.4) is 0 Å². The Hall–Kier alpha value is -1.26. The Labute approximate surface area is 125 Å². The predicted molar refractivity (Wildman–Crippen MR) is 86.0 cm³/mol. The van der Waals surface area contributed by atoms with E-state index in [-0.39, 0.29) is 0 Å². The fourth-order valence-electron chi connectivity index (χ4n) is 2.10. The Morgan fingerprint density at radius 3 is 2.80 bits per heavy atom. The number of aryl methyl sites for hydroxylation is 2. The molecule has 2 aromatic heterocycles. The highest BCUT2D eigenvalue weighted by molar-refractivity contribution is 7.15. The van der Waals surface area contributed by atoms with Gasteiger partial charge in [0.05, 0.1) is 5.69 Å². The molecule has 0 aliphatic carbocycles. The van der Waals surface area contributed by atoms with Gasteiger partial charge in [-0.1, -0.05) is 20.8 Å². The number of thiazole rings is 1. The van der Waals surface area contributed by atoms with Gasteiger partial charge >= 0.3 is 0 Å². The molecule has 0 aliphatic heterocycles. The van der Waals surface area contributed by atoms with Crippen molar-refractivity contribution in [2.75, 3.05) is 6.54 Å². The maximum Gasteiger partial charge on any atom is 0.124 e. The monoisotopic (exact) mass is 289 g/mol. The summed E-state index contributed by atoms with van der Waals surface area (Å²) in [6.45, 7) is 10.7. The molecule has 2 heterocycles. The zero-order valence-electron chi connectivity index (χ0n) is 12.7. The SMILES string of the molecule is CCc1nc(-c2ccncc2C)sc1CNCC(C)C. The van der Waals surface area contributed by atoms with Gasteiger partial charge in [0.2, 0.25) is 0 Å². The molecular formula is C16H23N3S. The van der Waals surface area contributed by atoms with Gasteiger partial charge in [-0.3, -0.25) is 4.98 Å². The van der Waals surface area contributed by atoms with Crippen molar-refractivity contribution < 1.29 is 0 Å². The highest BCUT2D eigenvalue weighted by Gasteiger charge is 2.12. The molecule has 0 atom stereocenters. The molecular weight excluding hydrogens is 266 g/mol. The first-order valence-electron chi connectivity index (χ1n) is 7.22. The molecule has 2 aromatic rings. The average molecular weight is 289 g/mol. The van der Waals surface area contributed by atoms with Crippen LogP contribution in [0.25, 0.3) is 10.6 Å². The van der Waals surface area contributed by atoms with E-state index in [2.05, 4.69) is 44.1 Å². The van der Waals surface area contributed by atoms with Crippen LogP contribution < -0.4 is 5.32 Å². The van der Waals surface area contributed by atoms with Gasteiger partial charge in [-0.2, -0.15) is 0 Å². The van der Waals surface area contributed by atoms with Crippen molar-refractivity contribution in [1.29, 1.82) is 0 Å². The maximum atomic E-state index is 4.81. The molecule has 20 heavy (non-hydrogen) atoms. The molecule has 0 fully saturated rings. The second kappa shape index (κ2) is 6.95. The molecule has 0 spiro atoms. The van der Waals surface area contributed by atoms with E-state index in [0.29, 0.717) is 5.92 Å². The van der Waals surface area contributed by atoms with Gasteiger partial charge in [0, 0.05) is 29.4 Å². The Bertz CT molecular complexity index is 561. The van der Waals surface area contributed by atoms with E-state index in [4.69, 9.17) is 4.98 Å². The minimum atomic E-state index is 0.676. The molecule has 1 N–H and O–H groups in total. The number of hydrogen-bond acceptors (Lipinski definition) is 4. The summed E-state index contributed by atoms with van der Waals surface area (Å²) in [7, 11) is 0. The average Bonchev–Trinajstić information content (AvgIpc) is 2.82. The Kier molecular flexibility index (Phi) is 5.26. The van der Waals surface area contributed by atoms with Crippen molar-refractivity contribution in [3.05, 3.63) is 34.6 Å². The molecule has 0 aromatic carbocycles. The molecule has 0 saturated carbocycles. The topological polar surface area (TPSA) is 37.8 Å². The lowest BCUT2D eigenvalue weighted by Crippen LogP contribution is -2.18. The summed E-state index contributed by atoms with van der Waals surface area (Å²) in [5.74, 6) is 0.676. The molecule has 2 rings (SSSR count). The summed E-state index contributed by atoms with van der Waals surface area (Å²) in [5, 5.41) is 4.63. The van der Waals surface area contributed by atoms with Crippen LogP contribution in [0.1, 0.15) is 36.9 Å². The predicted octanol–water partition coefficient (Wildman–Crippen LogP) is 3.82. The lowest BCUT2D eigenvalue weighted by Gasteiger charge is -2.06. The first-order chi connectivity index (χ1) is 9.61. The number of nitrogens with one attached hydrogen (secondary N) is 1. The zero-order valence-corrected chi connectivity index (χ0v) is 13.5. The number of pyridine rings is 1. The van der Waals surface area contributed by atoms with Gasteiger partial charge in [0.15, 0.2) is 0 Å². The second-order valence-corrected chi connectivity index (χ2v) is 6.54. The van der Waals surface area contributed by atoms with E-state index in [1.54, 1.807) is 11.3 Å². The van der Waals surface area contributed by atoms with E-state index < -0.39 is 0 Å². The highest BCUT2D eigenvalue weighted by Crippen LogP contribution is 2.30. The van der Waals surface area contributed by atoms with Crippen LogP contribution in [0.15, 0.2) is 18.5 Å². The van der Waals surface area contributed by atoms with Crippen molar-refractivity contribution in [3.63, 3.8) is 0 Å². The van der Waals surface area contributed by atoms with Gasteiger partial charge in [0.25, 0.3) is 0 Å². The molecule has 108 valence electrons. The van der Waals surface area contributed by atoms with Gasteiger partial charge in [-0.05, 0) is 37.4 Å². The van der Waals surface area contributed by atoms with Crippen LogP contribution in [0.4, 0.5) is 0 Å². The first kappa shape index (κ1) is 15.1. The third kappa shape index (κ3) is 3.64. The lowest BCUT2D eigenvalue weighted by molar-refractivity contribution is 0.553.